The molecule has 0 unspecified atom stereocenters. The Kier molecular flexibility index (Phi) is 8.60. The van der Waals surface area contributed by atoms with Crippen molar-refractivity contribution in [2.45, 2.75) is 20.1 Å². The number of halogens is 1. The summed E-state index contributed by atoms with van der Waals surface area (Å²) in [6, 6.07) is 20.9. The Balaban J connectivity index is 1.57. The van der Waals surface area contributed by atoms with Gasteiger partial charge in [0.2, 0.25) is 0 Å². The van der Waals surface area contributed by atoms with Crippen LogP contribution in [0.1, 0.15) is 22.3 Å². The Labute approximate surface area is 200 Å². The van der Waals surface area contributed by atoms with E-state index in [1.54, 1.807) is 19.2 Å². The summed E-state index contributed by atoms with van der Waals surface area (Å²) in [5, 5.41) is 6.41. The molecule has 7 nitrogen and oxygen atoms in total. The van der Waals surface area contributed by atoms with Crippen LogP contribution in [0.25, 0.3) is 0 Å². The summed E-state index contributed by atoms with van der Waals surface area (Å²) < 4.78 is 12.1. The highest BCUT2D eigenvalue weighted by Crippen LogP contribution is 2.36. The number of hydrazone groups is 1. The number of hydrogen-bond donors (Lipinski definition) is 2. The number of benzene rings is 3. The van der Waals surface area contributed by atoms with Gasteiger partial charge < -0.3 is 14.8 Å². The van der Waals surface area contributed by atoms with Crippen LogP contribution in [-0.2, 0) is 22.7 Å². The zero-order valence-electron chi connectivity index (χ0n) is 18.3. The van der Waals surface area contributed by atoms with E-state index in [0.717, 1.165) is 11.1 Å². The Bertz CT molecular complexity index is 1130. The van der Waals surface area contributed by atoms with Crippen LogP contribution >= 0.6 is 15.9 Å². The van der Waals surface area contributed by atoms with Crippen LogP contribution in [0.4, 0.5) is 0 Å². The van der Waals surface area contributed by atoms with Crippen molar-refractivity contribution in [3.8, 4) is 11.5 Å². The first-order chi connectivity index (χ1) is 16.0. The number of hydrogen-bond acceptors (Lipinski definition) is 5. The number of nitrogens with one attached hydrogen (secondary N) is 2. The van der Waals surface area contributed by atoms with Crippen LogP contribution in [0, 0.1) is 6.92 Å². The molecule has 0 heterocycles. The maximum atomic E-state index is 11.9. The van der Waals surface area contributed by atoms with E-state index in [1.807, 2.05) is 61.5 Å². The molecule has 0 atom stereocenters. The van der Waals surface area contributed by atoms with Gasteiger partial charge in [0.1, 0.15) is 6.61 Å². The van der Waals surface area contributed by atoms with Gasteiger partial charge in [0, 0.05) is 6.54 Å². The smallest absolute Gasteiger partial charge is 0.329 e. The summed E-state index contributed by atoms with van der Waals surface area (Å²) in [6.07, 6.45) is 1.42. The first-order valence-electron chi connectivity index (χ1n) is 10.2. The molecule has 0 bridgehead atoms. The molecule has 0 saturated carbocycles. The molecule has 0 aliphatic rings. The maximum Gasteiger partial charge on any atom is 0.329 e. The third-order valence-corrected chi connectivity index (χ3v) is 5.23. The minimum atomic E-state index is -0.855. The third kappa shape index (κ3) is 7.18. The fourth-order valence-corrected chi connectivity index (χ4v) is 3.44. The first kappa shape index (κ1) is 24.0. The largest absolute Gasteiger partial charge is 0.493 e. The highest BCUT2D eigenvalue weighted by atomic mass is 79.9. The molecule has 3 rings (SSSR count). The molecule has 2 amide bonds. The van der Waals surface area contributed by atoms with Gasteiger partial charge in [0.05, 0.1) is 17.8 Å². The van der Waals surface area contributed by atoms with Crippen molar-refractivity contribution in [1.82, 2.24) is 10.7 Å². The number of aryl methyl sites for hydroxylation is 1. The lowest BCUT2D eigenvalue weighted by Gasteiger charge is -2.13. The molecule has 33 heavy (non-hydrogen) atoms. The van der Waals surface area contributed by atoms with Gasteiger partial charge >= 0.3 is 11.8 Å². The summed E-state index contributed by atoms with van der Waals surface area (Å²) in [5.41, 5.74) is 5.98. The molecule has 8 heteroatoms. The lowest BCUT2D eigenvalue weighted by Crippen LogP contribution is -2.37. The van der Waals surface area contributed by atoms with Gasteiger partial charge in [-0.05, 0) is 51.7 Å². The quantitative estimate of drug-likeness (QED) is 0.271. The topological polar surface area (TPSA) is 89.0 Å². The van der Waals surface area contributed by atoms with Crippen LogP contribution in [0.15, 0.2) is 76.3 Å². The van der Waals surface area contributed by atoms with Gasteiger partial charge in [-0.25, -0.2) is 5.43 Å². The number of nitrogens with zero attached hydrogens (tertiary/aromatic N) is 1. The molecule has 3 aromatic carbocycles. The van der Waals surface area contributed by atoms with E-state index in [2.05, 4.69) is 31.8 Å². The highest BCUT2D eigenvalue weighted by Gasteiger charge is 2.13. The first-order valence-corrected chi connectivity index (χ1v) is 11.0. The van der Waals surface area contributed by atoms with Crippen molar-refractivity contribution in [2.75, 3.05) is 7.11 Å². The number of methoxy groups -OCH3 is 1. The van der Waals surface area contributed by atoms with Crippen molar-refractivity contribution >= 4 is 34.0 Å². The molecule has 0 spiro atoms. The fourth-order valence-electron chi connectivity index (χ4n) is 2.87. The predicted molar refractivity (Wildman–Crippen MR) is 130 cm³/mol. The SMILES string of the molecule is COc1cc(C=NNC(=O)C(=O)NCc2ccccc2)cc(Br)c1OCc1ccc(C)cc1. The number of rotatable bonds is 8. The van der Waals surface area contributed by atoms with E-state index in [9.17, 15) is 9.59 Å². The second kappa shape index (κ2) is 11.8. The van der Waals surface area contributed by atoms with Crippen molar-refractivity contribution in [1.29, 1.82) is 0 Å². The van der Waals surface area contributed by atoms with E-state index >= 15 is 0 Å². The average Bonchev–Trinajstić information content (AvgIpc) is 2.83. The molecule has 0 radical (unpaired) electrons. The van der Waals surface area contributed by atoms with E-state index < -0.39 is 11.8 Å². The monoisotopic (exact) mass is 509 g/mol. The Morgan fingerprint density at radius 2 is 1.73 bits per heavy atom. The van der Waals surface area contributed by atoms with Gasteiger partial charge in [-0.1, -0.05) is 60.2 Å². The van der Waals surface area contributed by atoms with Gasteiger partial charge in [-0.15, -0.1) is 0 Å². The summed E-state index contributed by atoms with van der Waals surface area (Å²) in [7, 11) is 1.54. The van der Waals surface area contributed by atoms with E-state index in [4.69, 9.17) is 9.47 Å². The molecule has 170 valence electrons. The van der Waals surface area contributed by atoms with Gasteiger partial charge in [-0.2, -0.15) is 5.10 Å². The third-order valence-electron chi connectivity index (χ3n) is 4.64. The van der Waals surface area contributed by atoms with E-state index in [-0.39, 0.29) is 6.54 Å². The lowest BCUT2D eigenvalue weighted by atomic mass is 10.2. The number of amides is 2. The summed E-state index contributed by atoms with van der Waals surface area (Å²) in [6.45, 7) is 2.67. The zero-order chi connectivity index (χ0) is 23.6. The van der Waals surface area contributed by atoms with Crippen LogP contribution < -0.4 is 20.2 Å². The minimum absolute atomic E-state index is 0.255. The van der Waals surface area contributed by atoms with Gasteiger partial charge in [0.25, 0.3) is 0 Å². The molecule has 0 aliphatic heterocycles. The summed E-state index contributed by atoms with van der Waals surface area (Å²) in [5.74, 6) is -0.565. The van der Waals surface area contributed by atoms with Crippen LogP contribution in [0.5, 0.6) is 11.5 Å². The molecule has 0 saturated heterocycles. The van der Waals surface area contributed by atoms with Gasteiger partial charge in [0.15, 0.2) is 11.5 Å². The zero-order valence-corrected chi connectivity index (χ0v) is 19.9. The van der Waals surface area contributed by atoms with Crippen molar-refractivity contribution in [2.24, 2.45) is 5.10 Å². The predicted octanol–water partition coefficient (Wildman–Crippen LogP) is 4.11. The Hall–Kier alpha value is -3.65. The fraction of sp³-hybridized carbons (Fsp3) is 0.160. The van der Waals surface area contributed by atoms with Crippen LogP contribution in [0.2, 0.25) is 0 Å². The Morgan fingerprint density at radius 3 is 2.42 bits per heavy atom. The summed E-state index contributed by atoms with van der Waals surface area (Å²) >= 11 is 3.49. The van der Waals surface area contributed by atoms with Crippen molar-refractivity contribution in [3.05, 3.63) is 93.5 Å². The van der Waals surface area contributed by atoms with E-state index in [1.165, 1.54) is 11.8 Å². The normalized spacial score (nSPS) is 10.6. The maximum absolute atomic E-state index is 11.9. The average molecular weight is 510 g/mol. The molecular weight excluding hydrogens is 486 g/mol. The second-order valence-electron chi connectivity index (χ2n) is 7.18. The molecule has 0 fully saturated rings. The molecule has 0 aromatic heterocycles. The number of ether oxygens (including phenoxy) is 2. The van der Waals surface area contributed by atoms with Crippen molar-refractivity contribution < 1.29 is 19.1 Å². The molecular formula is C25H24BrN3O4. The number of carbonyl (C=O) groups excluding carboxylic acids is 2. The molecule has 0 aliphatic carbocycles. The molecule has 2 N–H and O–H groups in total. The van der Waals surface area contributed by atoms with E-state index in [0.29, 0.717) is 28.1 Å². The second-order valence-corrected chi connectivity index (χ2v) is 8.03. The lowest BCUT2D eigenvalue weighted by molar-refractivity contribution is -0.139. The van der Waals surface area contributed by atoms with Crippen LogP contribution in [0.3, 0.4) is 0 Å². The van der Waals surface area contributed by atoms with Crippen molar-refractivity contribution in [3.63, 3.8) is 0 Å². The van der Waals surface area contributed by atoms with Crippen LogP contribution in [-0.4, -0.2) is 25.1 Å². The highest BCUT2D eigenvalue weighted by molar-refractivity contribution is 9.10. The number of carbonyl (C=O) groups is 2. The standard InChI is InChI=1S/C25H24BrN3O4/c1-17-8-10-19(11-9-17)16-33-23-21(26)12-20(13-22(23)32-2)15-28-29-25(31)24(30)27-14-18-6-4-3-5-7-18/h3-13,15H,14,16H2,1-2H3,(H,27,30)(H,29,31). The minimum Gasteiger partial charge on any atom is -0.493 e. The Morgan fingerprint density at radius 1 is 1.00 bits per heavy atom. The van der Waals surface area contributed by atoms with Gasteiger partial charge in [-0.3, -0.25) is 9.59 Å². The summed E-state index contributed by atoms with van der Waals surface area (Å²) in [4.78, 5) is 23.9. The molecule has 3 aromatic rings.